The van der Waals surface area contributed by atoms with E-state index in [0.717, 1.165) is 16.4 Å². The predicted molar refractivity (Wildman–Crippen MR) is 73.4 cm³/mol. The van der Waals surface area contributed by atoms with E-state index in [1.54, 1.807) is 11.8 Å². The summed E-state index contributed by atoms with van der Waals surface area (Å²) in [6.45, 7) is 10.4. The van der Waals surface area contributed by atoms with Crippen molar-refractivity contribution < 1.29 is 0 Å². The lowest BCUT2D eigenvalue weighted by atomic mass is 10.0. The van der Waals surface area contributed by atoms with E-state index in [2.05, 4.69) is 23.9 Å². The second kappa shape index (κ2) is 4.37. The zero-order valence-electron chi connectivity index (χ0n) is 10.9. The Hall–Kier alpha value is -0.970. The highest BCUT2D eigenvalue weighted by molar-refractivity contribution is 8.14. The first-order valence-electron chi connectivity index (χ1n) is 5.98. The molecule has 4 nitrogen and oxygen atoms in total. The van der Waals surface area contributed by atoms with Gasteiger partial charge in [-0.05, 0) is 26.7 Å². The number of aliphatic imine (C=N–C) groups is 1. The van der Waals surface area contributed by atoms with Gasteiger partial charge in [-0.3, -0.25) is 14.6 Å². The summed E-state index contributed by atoms with van der Waals surface area (Å²) in [5.74, 6) is 1.24. The first-order chi connectivity index (χ1) is 7.91. The lowest BCUT2D eigenvalue weighted by Crippen LogP contribution is -2.16. The largest absolute Gasteiger partial charge is 0.270 e. The van der Waals surface area contributed by atoms with Crippen LogP contribution in [-0.4, -0.2) is 14.8 Å². The van der Waals surface area contributed by atoms with Crippen molar-refractivity contribution in [2.75, 3.05) is 0 Å². The average molecular weight is 253 g/mol. The molecule has 0 fully saturated rings. The summed E-state index contributed by atoms with van der Waals surface area (Å²) < 4.78 is 1.87. The summed E-state index contributed by atoms with van der Waals surface area (Å²) in [4.78, 5) is 16.6. The fourth-order valence-electron chi connectivity index (χ4n) is 2.09. The predicted octanol–water partition coefficient (Wildman–Crippen LogP) is 3.25. The van der Waals surface area contributed by atoms with Crippen molar-refractivity contribution in [1.29, 1.82) is 0 Å². The van der Waals surface area contributed by atoms with E-state index >= 15 is 0 Å². The Morgan fingerprint density at radius 2 is 2.00 bits per heavy atom. The van der Waals surface area contributed by atoms with Crippen molar-refractivity contribution in [2.24, 2.45) is 10.9 Å². The normalized spacial score (nSPS) is 19.7. The van der Waals surface area contributed by atoms with Gasteiger partial charge in [0.2, 0.25) is 0 Å². The molecule has 94 valence electrons. The van der Waals surface area contributed by atoms with Crippen LogP contribution in [0.3, 0.4) is 0 Å². The van der Waals surface area contributed by atoms with E-state index in [-0.39, 0.29) is 16.9 Å². The van der Waals surface area contributed by atoms with Crippen LogP contribution in [0.1, 0.15) is 51.5 Å². The molecule has 5 heteroatoms. The van der Waals surface area contributed by atoms with Gasteiger partial charge >= 0.3 is 0 Å². The van der Waals surface area contributed by atoms with Crippen LogP contribution in [0.15, 0.2) is 9.79 Å². The quantitative estimate of drug-likeness (QED) is 0.879. The molecular formula is C12H19N3OS. The molecule has 1 atom stereocenters. The van der Waals surface area contributed by atoms with Gasteiger partial charge in [0.15, 0.2) is 5.82 Å². The van der Waals surface area contributed by atoms with Crippen molar-refractivity contribution in [3.8, 4) is 0 Å². The van der Waals surface area contributed by atoms with Crippen molar-refractivity contribution in [3.05, 3.63) is 15.9 Å². The van der Waals surface area contributed by atoms with Crippen LogP contribution in [0, 0.1) is 5.92 Å². The zero-order chi connectivity index (χ0) is 12.7. The van der Waals surface area contributed by atoms with E-state index in [4.69, 9.17) is 0 Å². The molecule has 1 aromatic heterocycles. The molecule has 0 saturated carbocycles. The number of H-pyrrole nitrogens is 1. The van der Waals surface area contributed by atoms with E-state index in [9.17, 15) is 4.79 Å². The lowest BCUT2D eigenvalue weighted by molar-refractivity contribution is 0.532. The summed E-state index contributed by atoms with van der Waals surface area (Å²) in [5.41, 5.74) is 0.848. The van der Waals surface area contributed by atoms with E-state index in [1.807, 2.05) is 25.5 Å². The van der Waals surface area contributed by atoms with Gasteiger partial charge in [-0.1, -0.05) is 13.8 Å². The number of aromatic amines is 1. The molecule has 0 spiro atoms. The third kappa shape index (κ3) is 2.08. The number of nitrogens with zero attached hydrogens (tertiary/aromatic N) is 2. The zero-order valence-corrected chi connectivity index (χ0v) is 11.8. The topological polar surface area (TPSA) is 50.1 Å². The van der Waals surface area contributed by atoms with Crippen LogP contribution >= 0.6 is 11.8 Å². The van der Waals surface area contributed by atoms with Crippen LogP contribution in [0.5, 0.6) is 0 Å². The van der Waals surface area contributed by atoms with Gasteiger partial charge in [-0.2, -0.15) is 0 Å². The van der Waals surface area contributed by atoms with Crippen molar-refractivity contribution in [2.45, 2.75) is 45.9 Å². The van der Waals surface area contributed by atoms with Crippen molar-refractivity contribution in [1.82, 2.24) is 9.78 Å². The fourth-order valence-corrected chi connectivity index (χ4v) is 3.19. The van der Waals surface area contributed by atoms with Gasteiger partial charge < -0.3 is 0 Å². The molecule has 17 heavy (non-hydrogen) atoms. The smallest absolute Gasteiger partial charge is 0.268 e. The molecule has 0 bridgehead atoms. The maximum Gasteiger partial charge on any atom is 0.270 e. The van der Waals surface area contributed by atoms with Crippen LogP contribution in [-0.2, 0) is 0 Å². The Morgan fingerprint density at radius 1 is 1.35 bits per heavy atom. The maximum absolute atomic E-state index is 12.1. The van der Waals surface area contributed by atoms with Crippen LogP contribution in [0.25, 0.3) is 0 Å². The first-order valence-corrected chi connectivity index (χ1v) is 6.86. The van der Waals surface area contributed by atoms with Crippen molar-refractivity contribution >= 4 is 22.6 Å². The number of fused-ring (bicyclic) bond motifs is 1. The van der Waals surface area contributed by atoms with Gasteiger partial charge in [0.1, 0.15) is 0 Å². The van der Waals surface area contributed by atoms with Gasteiger partial charge in [-0.15, -0.1) is 11.8 Å². The molecule has 0 amide bonds. The van der Waals surface area contributed by atoms with Gasteiger partial charge in [0, 0.05) is 11.3 Å². The number of hydrogen-bond donors (Lipinski definition) is 1. The van der Waals surface area contributed by atoms with Crippen LogP contribution in [0.2, 0.25) is 0 Å². The lowest BCUT2D eigenvalue weighted by Gasteiger charge is -2.23. The molecular weight excluding hydrogens is 234 g/mol. The van der Waals surface area contributed by atoms with E-state index in [0.29, 0.717) is 5.92 Å². The molecule has 0 saturated heterocycles. The first kappa shape index (κ1) is 12.5. The molecule has 2 rings (SSSR count). The molecule has 0 aromatic carbocycles. The van der Waals surface area contributed by atoms with Crippen molar-refractivity contribution in [3.63, 3.8) is 0 Å². The molecule has 1 aromatic rings. The number of nitrogens with one attached hydrogen (secondary N) is 1. The molecule has 2 heterocycles. The summed E-state index contributed by atoms with van der Waals surface area (Å²) >= 11 is 1.69. The molecule has 0 aliphatic carbocycles. The minimum Gasteiger partial charge on any atom is -0.268 e. The molecule has 1 aliphatic rings. The summed E-state index contributed by atoms with van der Waals surface area (Å²) in [5, 5.41) is 4.15. The Balaban J connectivity index is 2.64. The van der Waals surface area contributed by atoms with Gasteiger partial charge in [-0.25, -0.2) is 4.99 Å². The number of thioether (sulfide) groups is 1. The highest BCUT2D eigenvalue weighted by Crippen LogP contribution is 2.43. The monoisotopic (exact) mass is 253 g/mol. The number of hydrogen-bond acceptors (Lipinski definition) is 3. The fraction of sp³-hybridized carbons (Fsp3) is 0.667. The Labute approximate surface area is 105 Å². The molecule has 0 radical (unpaired) electrons. The van der Waals surface area contributed by atoms with Gasteiger partial charge in [0.25, 0.3) is 5.56 Å². The second-order valence-electron chi connectivity index (χ2n) is 5.06. The Morgan fingerprint density at radius 3 is 2.53 bits per heavy atom. The SMILES string of the molecule is CC1=Nc2c(c(=O)[nH]n2C(C)C)[C@@H](C(C)C)S1. The highest BCUT2D eigenvalue weighted by Gasteiger charge is 2.31. The highest BCUT2D eigenvalue weighted by atomic mass is 32.2. The molecule has 1 aliphatic heterocycles. The van der Waals surface area contributed by atoms with Crippen LogP contribution in [0.4, 0.5) is 5.82 Å². The third-order valence-corrected chi connectivity index (χ3v) is 4.37. The Bertz CT molecular complexity index is 510. The second-order valence-corrected chi connectivity index (χ2v) is 6.39. The molecule has 1 N–H and O–H groups in total. The minimum absolute atomic E-state index is 0.0103. The van der Waals surface area contributed by atoms with Gasteiger partial charge in [0.05, 0.1) is 10.6 Å². The maximum atomic E-state index is 12.1. The average Bonchev–Trinajstić information content (AvgIpc) is 2.54. The number of rotatable bonds is 2. The summed E-state index contributed by atoms with van der Waals surface area (Å²) in [7, 11) is 0. The summed E-state index contributed by atoms with van der Waals surface area (Å²) in [6, 6.07) is 0.221. The van der Waals surface area contributed by atoms with Crippen LogP contribution < -0.4 is 5.56 Å². The summed E-state index contributed by atoms with van der Waals surface area (Å²) in [6.07, 6.45) is 0. The standard InChI is InChI=1S/C12H19N3OS/c1-6(2)10-9-11(13-8(5)17-10)15(7(3)4)14-12(9)16/h6-7,10H,1-5H3,(H,14,16)/t10-/m1/s1. The Kier molecular flexibility index (Phi) is 3.21. The van der Waals surface area contributed by atoms with E-state index < -0.39 is 0 Å². The minimum atomic E-state index is 0.0103. The molecule has 0 unspecified atom stereocenters. The third-order valence-electron chi connectivity index (χ3n) is 2.90. The number of aromatic nitrogens is 2. The van der Waals surface area contributed by atoms with E-state index in [1.165, 1.54) is 0 Å².